The smallest absolute Gasteiger partial charge is 0.261 e. The molecule has 156 valence electrons. The number of hydrogen-bond acceptors (Lipinski definition) is 4. The second kappa shape index (κ2) is 8.73. The SMILES string of the molecule is COc1cccc(C(CN2C(=O)c3ccccc3C2=O)NC(=O)c2cccc(Br)c2)c1. The lowest BCUT2D eigenvalue weighted by atomic mass is 10.0. The van der Waals surface area contributed by atoms with Crippen LogP contribution in [0.1, 0.15) is 42.7 Å². The van der Waals surface area contributed by atoms with Crippen LogP contribution in [-0.2, 0) is 0 Å². The molecule has 1 N–H and O–H groups in total. The molecule has 3 aromatic carbocycles. The first-order valence-electron chi connectivity index (χ1n) is 9.63. The van der Waals surface area contributed by atoms with Crippen LogP contribution >= 0.6 is 15.9 Å². The molecular formula is C24H19BrN2O4. The Balaban J connectivity index is 1.65. The van der Waals surface area contributed by atoms with Gasteiger partial charge in [0.15, 0.2) is 0 Å². The van der Waals surface area contributed by atoms with Gasteiger partial charge in [0, 0.05) is 10.0 Å². The van der Waals surface area contributed by atoms with E-state index in [9.17, 15) is 14.4 Å². The second-order valence-corrected chi connectivity index (χ2v) is 8.00. The zero-order valence-corrected chi connectivity index (χ0v) is 18.3. The number of amides is 3. The largest absolute Gasteiger partial charge is 0.497 e. The van der Waals surface area contributed by atoms with Gasteiger partial charge in [-0.3, -0.25) is 19.3 Å². The van der Waals surface area contributed by atoms with Crippen molar-refractivity contribution in [2.24, 2.45) is 0 Å². The molecule has 0 aliphatic carbocycles. The number of rotatable bonds is 6. The summed E-state index contributed by atoms with van der Waals surface area (Å²) in [6.45, 7) is -0.000737. The second-order valence-electron chi connectivity index (χ2n) is 7.08. The van der Waals surface area contributed by atoms with E-state index in [0.29, 0.717) is 22.4 Å². The van der Waals surface area contributed by atoms with Crippen LogP contribution in [0.3, 0.4) is 0 Å². The minimum absolute atomic E-state index is 0.000737. The summed E-state index contributed by atoms with van der Waals surface area (Å²) in [7, 11) is 1.55. The number of hydrogen-bond donors (Lipinski definition) is 1. The Morgan fingerprint density at radius 2 is 1.65 bits per heavy atom. The van der Waals surface area contributed by atoms with E-state index in [0.717, 1.165) is 10.0 Å². The molecule has 0 radical (unpaired) electrons. The number of fused-ring (bicyclic) bond motifs is 1. The van der Waals surface area contributed by atoms with Crippen LogP contribution < -0.4 is 10.1 Å². The van der Waals surface area contributed by atoms with Crippen molar-refractivity contribution in [2.45, 2.75) is 6.04 Å². The molecule has 1 unspecified atom stereocenters. The number of ether oxygens (including phenoxy) is 1. The van der Waals surface area contributed by atoms with E-state index < -0.39 is 6.04 Å². The number of nitrogens with zero attached hydrogens (tertiary/aromatic N) is 1. The van der Waals surface area contributed by atoms with Gasteiger partial charge in [-0.2, -0.15) is 0 Å². The van der Waals surface area contributed by atoms with Gasteiger partial charge >= 0.3 is 0 Å². The monoisotopic (exact) mass is 478 g/mol. The maximum Gasteiger partial charge on any atom is 0.261 e. The minimum atomic E-state index is -0.621. The summed E-state index contributed by atoms with van der Waals surface area (Å²) in [4.78, 5) is 39.8. The topological polar surface area (TPSA) is 75.7 Å². The maximum absolute atomic E-state index is 12.9. The summed E-state index contributed by atoms with van der Waals surface area (Å²) in [6.07, 6.45) is 0. The molecule has 0 spiro atoms. The highest BCUT2D eigenvalue weighted by Gasteiger charge is 2.37. The van der Waals surface area contributed by atoms with Crippen LogP contribution in [0.5, 0.6) is 5.75 Å². The molecule has 0 saturated heterocycles. The molecule has 1 aliphatic heterocycles. The average Bonchev–Trinajstić information content (AvgIpc) is 3.03. The van der Waals surface area contributed by atoms with Crippen molar-refractivity contribution < 1.29 is 19.1 Å². The first-order chi connectivity index (χ1) is 15.0. The van der Waals surface area contributed by atoms with E-state index in [4.69, 9.17) is 4.74 Å². The molecule has 1 aliphatic rings. The quantitative estimate of drug-likeness (QED) is 0.538. The molecule has 6 nitrogen and oxygen atoms in total. The Morgan fingerprint density at radius 3 is 2.29 bits per heavy atom. The predicted octanol–water partition coefficient (Wildman–Crippen LogP) is 4.23. The highest BCUT2D eigenvalue weighted by atomic mass is 79.9. The zero-order valence-electron chi connectivity index (χ0n) is 16.7. The molecule has 3 amide bonds. The number of carbonyl (C=O) groups excluding carboxylic acids is 3. The van der Waals surface area contributed by atoms with Crippen molar-refractivity contribution in [3.05, 3.63) is 99.5 Å². The third kappa shape index (κ3) is 4.22. The first-order valence-corrected chi connectivity index (χ1v) is 10.4. The van der Waals surface area contributed by atoms with Crippen molar-refractivity contribution in [1.29, 1.82) is 0 Å². The fourth-order valence-corrected chi connectivity index (χ4v) is 3.95. The van der Waals surface area contributed by atoms with Crippen LogP contribution in [0.2, 0.25) is 0 Å². The molecule has 7 heteroatoms. The summed E-state index contributed by atoms with van der Waals surface area (Å²) in [5, 5.41) is 2.96. The van der Waals surface area contributed by atoms with Gasteiger partial charge < -0.3 is 10.1 Å². The number of halogens is 1. The van der Waals surface area contributed by atoms with Gasteiger partial charge in [0.1, 0.15) is 5.75 Å². The highest BCUT2D eigenvalue weighted by Crippen LogP contribution is 2.27. The van der Waals surface area contributed by atoms with Gasteiger partial charge in [-0.25, -0.2) is 0 Å². The fourth-order valence-electron chi connectivity index (χ4n) is 3.55. The van der Waals surface area contributed by atoms with Crippen molar-refractivity contribution in [3.8, 4) is 5.75 Å². The summed E-state index contributed by atoms with van der Waals surface area (Å²) in [5.41, 5.74) is 1.93. The van der Waals surface area contributed by atoms with Gasteiger partial charge in [-0.1, -0.05) is 46.3 Å². The minimum Gasteiger partial charge on any atom is -0.497 e. The average molecular weight is 479 g/mol. The summed E-state index contributed by atoms with van der Waals surface area (Å²) in [5.74, 6) is -0.442. The molecule has 4 rings (SSSR count). The number of methoxy groups -OCH3 is 1. The summed E-state index contributed by atoms with van der Waals surface area (Å²) >= 11 is 3.37. The number of benzene rings is 3. The highest BCUT2D eigenvalue weighted by molar-refractivity contribution is 9.10. The van der Waals surface area contributed by atoms with E-state index >= 15 is 0 Å². The molecule has 1 heterocycles. The Kier molecular flexibility index (Phi) is 5.86. The van der Waals surface area contributed by atoms with Crippen molar-refractivity contribution >= 4 is 33.7 Å². The number of nitrogens with one attached hydrogen (secondary N) is 1. The summed E-state index contributed by atoms with van der Waals surface area (Å²) < 4.78 is 6.08. The van der Waals surface area contributed by atoms with E-state index in [1.165, 1.54) is 4.90 Å². The standard InChI is InChI=1S/C24H19BrN2O4/c1-31-18-9-5-6-15(13-18)21(26-22(28)16-7-4-8-17(25)12-16)14-27-23(29)19-10-2-3-11-20(19)24(27)30/h2-13,21H,14H2,1H3,(H,26,28). The molecule has 1 atom stereocenters. The van der Waals surface area contributed by atoms with Crippen LogP contribution in [-0.4, -0.2) is 36.3 Å². The van der Waals surface area contributed by atoms with Crippen LogP contribution in [0.25, 0.3) is 0 Å². The lowest BCUT2D eigenvalue weighted by molar-refractivity contribution is 0.0629. The Morgan fingerprint density at radius 1 is 0.968 bits per heavy atom. The summed E-state index contributed by atoms with van der Waals surface area (Å²) in [6, 6.07) is 20.3. The third-order valence-electron chi connectivity index (χ3n) is 5.13. The van der Waals surface area contributed by atoms with E-state index in [1.54, 1.807) is 67.8 Å². The van der Waals surface area contributed by atoms with Crippen molar-refractivity contribution in [3.63, 3.8) is 0 Å². The lowest BCUT2D eigenvalue weighted by Crippen LogP contribution is -2.40. The molecule has 31 heavy (non-hydrogen) atoms. The molecule has 0 saturated carbocycles. The third-order valence-corrected chi connectivity index (χ3v) is 5.62. The van der Waals surface area contributed by atoms with Gasteiger partial charge in [0.2, 0.25) is 0 Å². The number of carbonyl (C=O) groups is 3. The van der Waals surface area contributed by atoms with Gasteiger partial charge in [0.05, 0.1) is 30.8 Å². The molecule has 3 aromatic rings. The van der Waals surface area contributed by atoms with E-state index in [2.05, 4.69) is 21.2 Å². The molecule has 0 bridgehead atoms. The number of imide groups is 1. The van der Waals surface area contributed by atoms with Gasteiger partial charge in [0.25, 0.3) is 17.7 Å². The Labute approximate surface area is 188 Å². The fraction of sp³-hybridized carbons (Fsp3) is 0.125. The van der Waals surface area contributed by atoms with Crippen molar-refractivity contribution in [1.82, 2.24) is 10.2 Å². The van der Waals surface area contributed by atoms with Crippen LogP contribution in [0, 0.1) is 0 Å². The Hall–Kier alpha value is -3.45. The Bertz CT molecular complexity index is 1140. The molecule has 0 fully saturated rings. The van der Waals surface area contributed by atoms with E-state index in [1.807, 2.05) is 12.1 Å². The lowest BCUT2D eigenvalue weighted by Gasteiger charge is -2.24. The van der Waals surface area contributed by atoms with Crippen LogP contribution in [0.15, 0.2) is 77.3 Å². The van der Waals surface area contributed by atoms with E-state index in [-0.39, 0.29) is 24.3 Å². The normalized spacial score (nSPS) is 13.7. The zero-order chi connectivity index (χ0) is 22.0. The molecular weight excluding hydrogens is 460 g/mol. The first kappa shape index (κ1) is 20.8. The van der Waals surface area contributed by atoms with Crippen molar-refractivity contribution in [2.75, 3.05) is 13.7 Å². The van der Waals surface area contributed by atoms with Gasteiger partial charge in [-0.15, -0.1) is 0 Å². The predicted molar refractivity (Wildman–Crippen MR) is 119 cm³/mol. The van der Waals surface area contributed by atoms with Gasteiger partial charge in [-0.05, 0) is 48.0 Å². The molecule has 0 aromatic heterocycles. The van der Waals surface area contributed by atoms with Crippen LogP contribution in [0.4, 0.5) is 0 Å². The maximum atomic E-state index is 12.9.